The van der Waals surface area contributed by atoms with E-state index < -0.39 is 17.7 Å². The molecule has 7 nitrogen and oxygen atoms in total. The Morgan fingerprint density at radius 2 is 2.00 bits per heavy atom. The molecule has 1 aromatic rings. The third-order valence-corrected chi connectivity index (χ3v) is 2.74. The summed E-state index contributed by atoms with van der Waals surface area (Å²) >= 11 is 1.18. The van der Waals surface area contributed by atoms with Crippen molar-refractivity contribution in [2.75, 3.05) is 18.6 Å². The molecule has 20 heavy (non-hydrogen) atoms. The molecule has 8 heteroatoms. The molecule has 0 aliphatic heterocycles. The number of esters is 1. The van der Waals surface area contributed by atoms with E-state index in [4.69, 9.17) is 15.2 Å². The molecule has 0 radical (unpaired) electrons. The van der Waals surface area contributed by atoms with Gasteiger partial charge in [-0.2, -0.15) is 0 Å². The Morgan fingerprint density at radius 3 is 2.45 bits per heavy atom. The number of aromatic nitrogens is 2. The monoisotopic (exact) mass is 301 g/mol. The molecule has 2 N–H and O–H groups in total. The van der Waals surface area contributed by atoms with E-state index in [1.165, 1.54) is 11.8 Å². The van der Waals surface area contributed by atoms with Gasteiger partial charge in [-0.1, -0.05) is 11.8 Å². The second kappa shape index (κ2) is 6.17. The average molecular weight is 301 g/mol. The molecule has 0 saturated heterocycles. The second-order valence-corrected chi connectivity index (χ2v) is 5.64. The van der Waals surface area contributed by atoms with Gasteiger partial charge in [0.2, 0.25) is 0 Å². The minimum Gasteiger partial charge on any atom is -0.461 e. The number of hydrogen-bond acceptors (Lipinski definition) is 7. The van der Waals surface area contributed by atoms with Crippen molar-refractivity contribution in [1.82, 2.24) is 9.55 Å². The lowest BCUT2D eigenvalue weighted by Crippen LogP contribution is -2.29. The number of nitrogen functional groups attached to an aromatic ring is 1. The quantitative estimate of drug-likeness (QED) is 0.674. The van der Waals surface area contributed by atoms with Gasteiger partial charge in [0.1, 0.15) is 5.60 Å². The zero-order chi connectivity index (χ0) is 15.5. The van der Waals surface area contributed by atoms with Gasteiger partial charge >= 0.3 is 12.1 Å². The molecule has 0 amide bonds. The normalized spacial score (nSPS) is 11.2. The number of nitrogens with two attached hydrogens (primary N) is 1. The number of rotatable bonds is 3. The molecule has 1 heterocycles. The molecule has 0 bridgehead atoms. The summed E-state index contributed by atoms with van der Waals surface area (Å²) in [7, 11) is 0. The maximum Gasteiger partial charge on any atom is 0.421 e. The van der Waals surface area contributed by atoms with Gasteiger partial charge in [-0.15, -0.1) is 0 Å². The maximum atomic E-state index is 12.2. The van der Waals surface area contributed by atoms with E-state index in [0.29, 0.717) is 0 Å². The fourth-order valence-corrected chi connectivity index (χ4v) is 1.96. The second-order valence-electron chi connectivity index (χ2n) is 4.87. The number of thioether (sulfide) groups is 1. The van der Waals surface area contributed by atoms with Gasteiger partial charge < -0.3 is 15.2 Å². The lowest BCUT2D eigenvalue weighted by molar-refractivity contribution is 0.0440. The largest absolute Gasteiger partial charge is 0.461 e. The van der Waals surface area contributed by atoms with Crippen molar-refractivity contribution in [3.05, 3.63) is 5.69 Å². The summed E-state index contributed by atoms with van der Waals surface area (Å²) in [6.07, 6.45) is 1.01. The van der Waals surface area contributed by atoms with Crippen molar-refractivity contribution in [1.29, 1.82) is 0 Å². The average Bonchev–Trinajstić information content (AvgIpc) is 2.64. The van der Waals surface area contributed by atoms with E-state index in [1.54, 1.807) is 34.0 Å². The molecular formula is C12H19N3O4S. The molecule has 112 valence electrons. The first-order valence-corrected chi connectivity index (χ1v) is 7.26. The number of imidazole rings is 1. The van der Waals surface area contributed by atoms with Crippen LogP contribution in [0.2, 0.25) is 0 Å². The van der Waals surface area contributed by atoms with Crippen LogP contribution < -0.4 is 5.73 Å². The molecule has 0 spiro atoms. The standard InChI is InChI=1S/C12H19N3O4S/c1-6-18-9(16)7-8(13)14-10(20-5)15(7)11(17)19-12(2,3)4/h6,13H2,1-5H3. The highest BCUT2D eigenvalue weighted by molar-refractivity contribution is 7.98. The van der Waals surface area contributed by atoms with Crippen LogP contribution >= 0.6 is 11.8 Å². The summed E-state index contributed by atoms with van der Waals surface area (Å²) < 4.78 is 11.2. The molecule has 0 atom stereocenters. The summed E-state index contributed by atoms with van der Waals surface area (Å²) in [6.45, 7) is 7.03. The van der Waals surface area contributed by atoms with Gasteiger partial charge in [0.05, 0.1) is 6.61 Å². The van der Waals surface area contributed by atoms with E-state index in [-0.39, 0.29) is 23.3 Å². The highest BCUT2D eigenvalue weighted by Crippen LogP contribution is 2.24. The van der Waals surface area contributed by atoms with Gasteiger partial charge in [-0.05, 0) is 34.0 Å². The summed E-state index contributed by atoms with van der Waals surface area (Å²) in [4.78, 5) is 28.1. The maximum absolute atomic E-state index is 12.2. The zero-order valence-electron chi connectivity index (χ0n) is 12.2. The zero-order valence-corrected chi connectivity index (χ0v) is 13.0. The molecule has 1 aromatic heterocycles. The molecule has 0 aliphatic carbocycles. The van der Waals surface area contributed by atoms with Crippen LogP contribution in [0.4, 0.5) is 10.6 Å². The van der Waals surface area contributed by atoms with E-state index in [1.807, 2.05) is 0 Å². The highest BCUT2D eigenvalue weighted by atomic mass is 32.2. The Balaban J connectivity index is 3.28. The van der Waals surface area contributed by atoms with Crippen LogP contribution in [-0.4, -0.2) is 40.1 Å². The van der Waals surface area contributed by atoms with Gasteiger partial charge in [0.25, 0.3) is 0 Å². The number of carbonyl (C=O) groups is 2. The third-order valence-electron chi connectivity index (χ3n) is 2.10. The predicted molar refractivity (Wildman–Crippen MR) is 76.0 cm³/mol. The summed E-state index contributed by atoms with van der Waals surface area (Å²) in [6, 6.07) is 0. The minimum atomic E-state index is -0.714. The van der Waals surface area contributed by atoms with Crippen molar-refractivity contribution in [2.24, 2.45) is 0 Å². The Morgan fingerprint density at radius 1 is 1.40 bits per heavy atom. The van der Waals surface area contributed by atoms with Gasteiger partial charge in [-0.25, -0.2) is 19.1 Å². The Labute approximate surface area is 121 Å². The molecule has 0 saturated carbocycles. The number of hydrogen-bond donors (Lipinski definition) is 1. The fraction of sp³-hybridized carbons (Fsp3) is 0.583. The van der Waals surface area contributed by atoms with Gasteiger partial charge in [0.15, 0.2) is 16.7 Å². The summed E-state index contributed by atoms with van der Waals surface area (Å²) in [5, 5.41) is 0.278. The summed E-state index contributed by atoms with van der Waals surface area (Å²) in [5.41, 5.74) is 4.89. The summed E-state index contributed by atoms with van der Waals surface area (Å²) in [5.74, 6) is -0.762. The van der Waals surface area contributed by atoms with Crippen molar-refractivity contribution >= 4 is 29.6 Å². The van der Waals surface area contributed by atoms with E-state index in [0.717, 1.165) is 4.57 Å². The topological polar surface area (TPSA) is 96.4 Å². The SMILES string of the molecule is CCOC(=O)c1c(N)nc(SC)n1C(=O)OC(C)(C)C. The number of ether oxygens (including phenoxy) is 2. The molecular weight excluding hydrogens is 282 g/mol. The highest BCUT2D eigenvalue weighted by Gasteiger charge is 2.29. The number of nitrogens with zero attached hydrogens (tertiary/aromatic N) is 2. The lowest BCUT2D eigenvalue weighted by Gasteiger charge is -2.20. The van der Waals surface area contributed by atoms with E-state index >= 15 is 0 Å². The lowest BCUT2D eigenvalue weighted by atomic mass is 10.2. The van der Waals surface area contributed by atoms with Crippen LogP contribution in [0.3, 0.4) is 0 Å². The van der Waals surface area contributed by atoms with Crippen LogP contribution in [0.25, 0.3) is 0 Å². The van der Waals surface area contributed by atoms with Gasteiger partial charge in [0, 0.05) is 0 Å². The number of carbonyl (C=O) groups excluding carboxylic acids is 2. The smallest absolute Gasteiger partial charge is 0.421 e. The molecule has 0 unspecified atom stereocenters. The third kappa shape index (κ3) is 3.66. The van der Waals surface area contributed by atoms with Crippen LogP contribution in [0.5, 0.6) is 0 Å². The minimum absolute atomic E-state index is 0.0568. The van der Waals surface area contributed by atoms with Crippen molar-refractivity contribution in [3.63, 3.8) is 0 Å². The Bertz CT molecular complexity index is 520. The number of anilines is 1. The van der Waals surface area contributed by atoms with Gasteiger partial charge in [-0.3, -0.25) is 0 Å². The van der Waals surface area contributed by atoms with E-state index in [9.17, 15) is 9.59 Å². The van der Waals surface area contributed by atoms with Crippen molar-refractivity contribution in [2.45, 2.75) is 38.5 Å². The van der Waals surface area contributed by atoms with Crippen LogP contribution in [-0.2, 0) is 9.47 Å². The predicted octanol–water partition coefficient (Wildman–Crippen LogP) is 2.15. The molecule has 1 rings (SSSR count). The molecule has 0 fully saturated rings. The molecule has 0 aliphatic rings. The first-order valence-electron chi connectivity index (χ1n) is 6.04. The Hall–Kier alpha value is -1.70. The Kier molecular flexibility index (Phi) is 5.04. The fourth-order valence-electron chi connectivity index (χ4n) is 1.43. The van der Waals surface area contributed by atoms with Crippen LogP contribution in [0.15, 0.2) is 5.16 Å². The molecule has 0 aromatic carbocycles. The van der Waals surface area contributed by atoms with Crippen molar-refractivity contribution < 1.29 is 19.1 Å². The van der Waals surface area contributed by atoms with Crippen LogP contribution in [0.1, 0.15) is 38.2 Å². The van der Waals surface area contributed by atoms with Crippen molar-refractivity contribution in [3.8, 4) is 0 Å². The first-order chi connectivity index (χ1) is 9.21. The van der Waals surface area contributed by atoms with E-state index in [2.05, 4.69) is 4.98 Å². The first kappa shape index (κ1) is 16.4. The van der Waals surface area contributed by atoms with Crippen LogP contribution in [0, 0.1) is 0 Å².